The highest BCUT2D eigenvalue weighted by Gasteiger charge is 2.54. The van der Waals surface area contributed by atoms with Crippen LogP contribution in [-0.2, 0) is 0 Å². The zero-order chi connectivity index (χ0) is 5.84. The van der Waals surface area contributed by atoms with Gasteiger partial charge in [-0.2, -0.15) is 0 Å². The molecule has 0 aromatic carbocycles. The van der Waals surface area contributed by atoms with Crippen LogP contribution in [0.25, 0.3) is 0 Å². The Hall–Kier alpha value is 0. The molecule has 0 heteroatoms. The van der Waals surface area contributed by atoms with E-state index in [-0.39, 0.29) is 0 Å². The Labute approximate surface area is 56.6 Å². The Morgan fingerprint density at radius 1 is 0.778 bits per heavy atom. The van der Waals surface area contributed by atoms with Crippen molar-refractivity contribution in [1.29, 1.82) is 0 Å². The van der Waals surface area contributed by atoms with Crippen molar-refractivity contribution in [2.24, 2.45) is 23.7 Å². The Morgan fingerprint density at radius 2 is 1.44 bits per heavy atom. The van der Waals surface area contributed by atoms with E-state index in [0.29, 0.717) is 0 Å². The summed E-state index contributed by atoms with van der Waals surface area (Å²) in [5, 5.41) is 0. The first-order chi connectivity index (χ1) is 4.45. The summed E-state index contributed by atoms with van der Waals surface area (Å²) in [4.78, 5) is 0. The van der Waals surface area contributed by atoms with Crippen LogP contribution in [0.4, 0.5) is 0 Å². The maximum absolute atomic E-state index is 1.61. The lowest BCUT2D eigenvalue weighted by atomic mass is 9.44. The van der Waals surface area contributed by atoms with Crippen LogP contribution in [0.2, 0.25) is 0 Å². The molecule has 0 aromatic heterocycles. The van der Waals surface area contributed by atoms with Crippen LogP contribution in [0.15, 0.2) is 0 Å². The highest BCUT2D eigenvalue weighted by molar-refractivity contribution is 5.04. The molecule has 3 aliphatic rings. The van der Waals surface area contributed by atoms with Gasteiger partial charge in [0.05, 0.1) is 0 Å². The fraction of sp³-hybridized carbons (Fsp3) is 1.00. The van der Waals surface area contributed by atoms with Gasteiger partial charge in [0.1, 0.15) is 0 Å². The second kappa shape index (κ2) is 1.36. The third-order valence-corrected chi connectivity index (χ3v) is 3.99. The number of hydrogen-bond donors (Lipinski definition) is 0. The third-order valence-electron chi connectivity index (χ3n) is 3.99. The van der Waals surface area contributed by atoms with Crippen LogP contribution in [0.1, 0.15) is 32.1 Å². The van der Waals surface area contributed by atoms with E-state index in [2.05, 4.69) is 0 Å². The average Bonchev–Trinajstić information content (AvgIpc) is 1.73. The Morgan fingerprint density at radius 3 is 1.89 bits per heavy atom. The van der Waals surface area contributed by atoms with E-state index in [4.69, 9.17) is 0 Å². The van der Waals surface area contributed by atoms with Gasteiger partial charge in [0.15, 0.2) is 0 Å². The minimum Gasteiger partial charge on any atom is -0.0528 e. The lowest BCUT2D eigenvalue weighted by molar-refractivity contribution is -0.119. The molecule has 0 bridgehead atoms. The molecular formula is C9H14. The lowest BCUT2D eigenvalue weighted by Crippen LogP contribution is -2.53. The molecule has 2 atom stereocenters. The zero-order valence-electron chi connectivity index (χ0n) is 5.84. The van der Waals surface area contributed by atoms with Gasteiger partial charge in [-0.3, -0.25) is 0 Å². The van der Waals surface area contributed by atoms with Crippen molar-refractivity contribution in [3.8, 4) is 0 Å². The van der Waals surface area contributed by atoms with Gasteiger partial charge in [-0.25, -0.2) is 0 Å². The van der Waals surface area contributed by atoms with Gasteiger partial charge in [-0.15, -0.1) is 0 Å². The predicted molar refractivity (Wildman–Crippen MR) is 37.0 cm³/mol. The molecule has 0 saturated heterocycles. The average molecular weight is 122 g/mol. The SMILES string of the molecule is C1CC2CC3CC(C1)C23. The maximum Gasteiger partial charge on any atom is -0.0329 e. The van der Waals surface area contributed by atoms with Gasteiger partial charge in [0.2, 0.25) is 0 Å². The molecule has 0 heterocycles. The monoisotopic (exact) mass is 122 g/mol. The molecule has 9 heavy (non-hydrogen) atoms. The quantitative estimate of drug-likeness (QED) is 0.463. The summed E-state index contributed by atoms with van der Waals surface area (Å²) in [5.41, 5.74) is 0. The largest absolute Gasteiger partial charge is 0.0528 e. The van der Waals surface area contributed by atoms with Gasteiger partial charge in [0.25, 0.3) is 0 Å². The molecule has 0 N–H and O–H groups in total. The first-order valence-electron chi connectivity index (χ1n) is 4.45. The minimum absolute atomic E-state index is 1.21. The van der Waals surface area contributed by atoms with Crippen molar-refractivity contribution in [2.75, 3.05) is 0 Å². The second-order valence-corrected chi connectivity index (χ2v) is 4.26. The smallest absolute Gasteiger partial charge is 0.0329 e. The van der Waals surface area contributed by atoms with E-state index in [0.717, 1.165) is 0 Å². The van der Waals surface area contributed by atoms with E-state index in [9.17, 15) is 0 Å². The molecular weight excluding hydrogens is 108 g/mol. The molecule has 3 aliphatic carbocycles. The normalized spacial score (nSPS) is 61.3. The summed E-state index contributed by atoms with van der Waals surface area (Å²) >= 11 is 0. The molecule has 0 amide bonds. The fourth-order valence-corrected chi connectivity index (χ4v) is 3.53. The van der Waals surface area contributed by atoms with Crippen molar-refractivity contribution in [3.05, 3.63) is 0 Å². The highest BCUT2D eigenvalue weighted by Crippen LogP contribution is 2.63. The molecule has 0 radical (unpaired) electrons. The van der Waals surface area contributed by atoms with E-state index in [1.54, 1.807) is 32.1 Å². The molecule has 2 unspecified atom stereocenters. The van der Waals surface area contributed by atoms with Crippen LogP contribution in [-0.4, -0.2) is 0 Å². The summed E-state index contributed by atoms with van der Waals surface area (Å²) in [7, 11) is 0. The van der Waals surface area contributed by atoms with E-state index in [1.807, 2.05) is 0 Å². The van der Waals surface area contributed by atoms with Gasteiger partial charge >= 0.3 is 0 Å². The second-order valence-electron chi connectivity index (χ2n) is 4.26. The topological polar surface area (TPSA) is 0 Å². The van der Waals surface area contributed by atoms with Crippen LogP contribution in [0.5, 0.6) is 0 Å². The first-order valence-corrected chi connectivity index (χ1v) is 4.45. The Balaban J connectivity index is 1.84. The first kappa shape index (κ1) is 4.76. The Bertz CT molecular complexity index is 121. The predicted octanol–water partition coefficient (Wildman–Crippen LogP) is 2.44. The summed E-state index contributed by atoms with van der Waals surface area (Å²) in [6.07, 6.45) is 7.94. The molecule has 3 fully saturated rings. The summed E-state index contributed by atoms with van der Waals surface area (Å²) in [6, 6.07) is 0. The summed E-state index contributed by atoms with van der Waals surface area (Å²) in [5.74, 6) is 4.89. The Kier molecular flexibility index (Phi) is 0.717. The summed E-state index contributed by atoms with van der Waals surface area (Å²) < 4.78 is 0. The van der Waals surface area contributed by atoms with Crippen LogP contribution < -0.4 is 0 Å². The number of rotatable bonds is 0. The van der Waals surface area contributed by atoms with Crippen molar-refractivity contribution < 1.29 is 0 Å². The molecule has 0 spiro atoms. The lowest BCUT2D eigenvalue weighted by Gasteiger charge is -2.61. The van der Waals surface area contributed by atoms with Gasteiger partial charge in [-0.05, 0) is 36.5 Å². The van der Waals surface area contributed by atoms with E-state index < -0.39 is 0 Å². The molecule has 3 saturated carbocycles. The van der Waals surface area contributed by atoms with Crippen molar-refractivity contribution in [3.63, 3.8) is 0 Å². The van der Waals surface area contributed by atoms with Crippen molar-refractivity contribution in [1.82, 2.24) is 0 Å². The maximum atomic E-state index is 1.61. The number of hydrogen-bond acceptors (Lipinski definition) is 0. The molecule has 50 valence electrons. The van der Waals surface area contributed by atoms with Crippen LogP contribution in [0, 0.1) is 23.7 Å². The molecule has 0 nitrogen and oxygen atoms in total. The highest BCUT2D eigenvalue weighted by atomic mass is 14.6. The van der Waals surface area contributed by atoms with Gasteiger partial charge in [-0.1, -0.05) is 19.3 Å². The van der Waals surface area contributed by atoms with Gasteiger partial charge in [0, 0.05) is 0 Å². The molecule has 0 aromatic rings. The minimum atomic E-state index is 1.21. The molecule has 0 aliphatic heterocycles. The van der Waals surface area contributed by atoms with Crippen LogP contribution >= 0.6 is 0 Å². The van der Waals surface area contributed by atoms with Crippen LogP contribution in [0.3, 0.4) is 0 Å². The van der Waals surface area contributed by atoms with Gasteiger partial charge < -0.3 is 0 Å². The summed E-state index contributed by atoms with van der Waals surface area (Å²) in [6.45, 7) is 0. The third kappa shape index (κ3) is 0.426. The standard InChI is InChI=1S/C9H14/c1-2-6-4-8-5-7(3-1)9(6)8/h6-9H,1-5H2. The van der Waals surface area contributed by atoms with Crippen molar-refractivity contribution in [2.45, 2.75) is 32.1 Å². The van der Waals surface area contributed by atoms with E-state index in [1.165, 1.54) is 23.7 Å². The molecule has 3 rings (SSSR count). The van der Waals surface area contributed by atoms with E-state index >= 15 is 0 Å². The zero-order valence-corrected chi connectivity index (χ0v) is 5.84. The fourth-order valence-electron chi connectivity index (χ4n) is 3.53. The van der Waals surface area contributed by atoms with Crippen molar-refractivity contribution >= 4 is 0 Å².